The molecule has 0 saturated heterocycles. The van der Waals surface area contributed by atoms with Gasteiger partial charge in [-0.15, -0.1) is 0 Å². The van der Waals surface area contributed by atoms with Crippen LogP contribution in [0, 0.1) is 13.8 Å². The molecule has 82 valence electrons. The van der Waals surface area contributed by atoms with Gasteiger partial charge in [-0.05, 0) is 31.5 Å². The number of aryl methyl sites for hydroxylation is 3. The molecule has 0 saturated carbocycles. The molecule has 16 heavy (non-hydrogen) atoms. The zero-order valence-electron chi connectivity index (χ0n) is 9.82. The highest BCUT2D eigenvalue weighted by atomic mass is 16.1. The van der Waals surface area contributed by atoms with Crippen molar-refractivity contribution in [3.63, 3.8) is 0 Å². The third kappa shape index (κ3) is 1.78. The summed E-state index contributed by atoms with van der Waals surface area (Å²) in [6.07, 6.45) is 1.89. The summed E-state index contributed by atoms with van der Waals surface area (Å²) in [7, 11) is 1.89. The number of hydrogen-bond donors (Lipinski definition) is 0. The lowest BCUT2D eigenvalue weighted by molar-refractivity contribution is 0.103. The number of rotatable bonds is 2. The number of benzene rings is 1. The molecule has 2 rings (SSSR count). The molecule has 2 aromatic rings. The summed E-state index contributed by atoms with van der Waals surface area (Å²) in [6, 6.07) is 9.65. The van der Waals surface area contributed by atoms with Gasteiger partial charge in [0.25, 0.3) is 0 Å². The first kappa shape index (κ1) is 10.7. The fraction of sp³-hybridized carbons (Fsp3) is 0.214. The summed E-state index contributed by atoms with van der Waals surface area (Å²) in [6.45, 7) is 4.01. The van der Waals surface area contributed by atoms with Crippen molar-refractivity contribution >= 4 is 5.78 Å². The molecule has 0 fully saturated rings. The quantitative estimate of drug-likeness (QED) is 0.703. The van der Waals surface area contributed by atoms with Crippen molar-refractivity contribution in [1.82, 2.24) is 4.57 Å². The highest BCUT2D eigenvalue weighted by Gasteiger charge is 2.13. The van der Waals surface area contributed by atoms with Crippen LogP contribution in [0.2, 0.25) is 0 Å². The number of carbonyl (C=O) groups excluding carboxylic acids is 1. The Kier molecular flexibility index (Phi) is 2.65. The largest absolute Gasteiger partial charge is 0.348 e. The molecular weight excluding hydrogens is 198 g/mol. The van der Waals surface area contributed by atoms with E-state index in [1.165, 1.54) is 5.56 Å². The Labute approximate surface area is 95.5 Å². The van der Waals surface area contributed by atoms with Gasteiger partial charge in [0.2, 0.25) is 5.78 Å². The van der Waals surface area contributed by atoms with Crippen molar-refractivity contribution in [3.05, 3.63) is 58.9 Å². The van der Waals surface area contributed by atoms with Crippen LogP contribution in [0.15, 0.2) is 36.5 Å². The molecule has 0 radical (unpaired) electrons. The van der Waals surface area contributed by atoms with E-state index < -0.39 is 0 Å². The third-order valence-corrected chi connectivity index (χ3v) is 2.80. The van der Waals surface area contributed by atoms with Crippen LogP contribution in [0.4, 0.5) is 0 Å². The van der Waals surface area contributed by atoms with Gasteiger partial charge in [0, 0.05) is 18.8 Å². The van der Waals surface area contributed by atoms with E-state index in [0.717, 1.165) is 16.8 Å². The molecular formula is C14H15NO. The summed E-state index contributed by atoms with van der Waals surface area (Å²) in [5.41, 5.74) is 3.73. The standard InChI is InChI=1S/C14H15NO/c1-10-6-7-12(11(2)9-10)14(16)13-5-4-8-15(13)3/h4-9H,1-3H3. The zero-order valence-corrected chi connectivity index (χ0v) is 9.82. The van der Waals surface area contributed by atoms with Gasteiger partial charge in [0.05, 0.1) is 5.69 Å². The number of carbonyl (C=O) groups is 1. The van der Waals surface area contributed by atoms with Crippen LogP contribution in [0.3, 0.4) is 0 Å². The zero-order chi connectivity index (χ0) is 11.7. The van der Waals surface area contributed by atoms with Crippen LogP contribution in [0.25, 0.3) is 0 Å². The summed E-state index contributed by atoms with van der Waals surface area (Å²) in [5, 5.41) is 0. The van der Waals surface area contributed by atoms with Gasteiger partial charge in [0.15, 0.2) is 0 Å². The van der Waals surface area contributed by atoms with E-state index in [9.17, 15) is 4.79 Å². The van der Waals surface area contributed by atoms with Gasteiger partial charge in [-0.1, -0.05) is 23.8 Å². The van der Waals surface area contributed by atoms with Crippen LogP contribution in [0.5, 0.6) is 0 Å². The van der Waals surface area contributed by atoms with E-state index in [0.29, 0.717) is 0 Å². The molecule has 0 spiro atoms. The molecule has 1 heterocycles. The predicted octanol–water partition coefficient (Wildman–Crippen LogP) is 2.87. The van der Waals surface area contributed by atoms with Crippen molar-refractivity contribution in [3.8, 4) is 0 Å². The maximum atomic E-state index is 12.2. The van der Waals surface area contributed by atoms with Gasteiger partial charge >= 0.3 is 0 Å². The topological polar surface area (TPSA) is 22.0 Å². The highest BCUT2D eigenvalue weighted by molar-refractivity contribution is 6.08. The molecule has 0 N–H and O–H groups in total. The average Bonchev–Trinajstić information content (AvgIpc) is 2.63. The van der Waals surface area contributed by atoms with E-state index in [1.54, 1.807) is 0 Å². The molecule has 0 aliphatic rings. The predicted molar refractivity (Wildman–Crippen MR) is 64.8 cm³/mol. The first-order valence-electron chi connectivity index (χ1n) is 5.33. The minimum absolute atomic E-state index is 0.0880. The first-order valence-corrected chi connectivity index (χ1v) is 5.33. The van der Waals surface area contributed by atoms with Gasteiger partial charge in [-0.2, -0.15) is 0 Å². The van der Waals surface area contributed by atoms with Crippen LogP contribution >= 0.6 is 0 Å². The average molecular weight is 213 g/mol. The van der Waals surface area contributed by atoms with Crippen molar-refractivity contribution < 1.29 is 4.79 Å². The van der Waals surface area contributed by atoms with Crippen molar-refractivity contribution in [1.29, 1.82) is 0 Å². The van der Waals surface area contributed by atoms with Crippen LogP contribution in [-0.2, 0) is 7.05 Å². The Bertz CT molecular complexity index is 537. The fourth-order valence-corrected chi connectivity index (χ4v) is 1.90. The van der Waals surface area contributed by atoms with Crippen LogP contribution in [0.1, 0.15) is 27.2 Å². The second kappa shape index (κ2) is 3.97. The molecule has 0 aliphatic heterocycles. The molecule has 1 aromatic heterocycles. The fourth-order valence-electron chi connectivity index (χ4n) is 1.90. The molecule has 0 unspecified atom stereocenters. The molecule has 0 amide bonds. The van der Waals surface area contributed by atoms with Crippen molar-refractivity contribution in [2.45, 2.75) is 13.8 Å². The number of aromatic nitrogens is 1. The maximum Gasteiger partial charge on any atom is 0.209 e. The Morgan fingerprint density at radius 1 is 1.19 bits per heavy atom. The molecule has 2 nitrogen and oxygen atoms in total. The van der Waals surface area contributed by atoms with E-state index in [1.807, 2.05) is 62.0 Å². The molecule has 1 aromatic carbocycles. The minimum Gasteiger partial charge on any atom is -0.348 e. The Hall–Kier alpha value is -1.83. The van der Waals surface area contributed by atoms with Crippen LogP contribution in [-0.4, -0.2) is 10.4 Å². The van der Waals surface area contributed by atoms with Gasteiger partial charge < -0.3 is 4.57 Å². The summed E-state index contributed by atoms with van der Waals surface area (Å²) in [4.78, 5) is 12.2. The normalized spacial score (nSPS) is 10.4. The SMILES string of the molecule is Cc1ccc(C(=O)c2cccn2C)c(C)c1. The Morgan fingerprint density at radius 2 is 1.94 bits per heavy atom. The number of hydrogen-bond acceptors (Lipinski definition) is 1. The molecule has 0 aliphatic carbocycles. The van der Waals surface area contributed by atoms with Crippen LogP contribution < -0.4 is 0 Å². The summed E-state index contributed by atoms with van der Waals surface area (Å²) in [5.74, 6) is 0.0880. The smallest absolute Gasteiger partial charge is 0.209 e. The van der Waals surface area contributed by atoms with E-state index in [4.69, 9.17) is 0 Å². The van der Waals surface area contributed by atoms with Crippen molar-refractivity contribution in [2.24, 2.45) is 7.05 Å². The third-order valence-electron chi connectivity index (χ3n) is 2.80. The molecule has 0 bridgehead atoms. The lowest BCUT2D eigenvalue weighted by Crippen LogP contribution is -2.08. The number of ketones is 1. The van der Waals surface area contributed by atoms with E-state index in [-0.39, 0.29) is 5.78 Å². The summed E-state index contributed by atoms with van der Waals surface area (Å²) < 4.78 is 1.85. The van der Waals surface area contributed by atoms with Crippen molar-refractivity contribution in [2.75, 3.05) is 0 Å². The second-order valence-electron chi connectivity index (χ2n) is 4.15. The lowest BCUT2D eigenvalue weighted by atomic mass is 10.0. The minimum atomic E-state index is 0.0880. The Morgan fingerprint density at radius 3 is 2.50 bits per heavy atom. The van der Waals surface area contributed by atoms with Gasteiger partial charge in [0.1, 0.15) is 0 Å². The molecule has 0 atom stereocenters. The monoisotopic (exact) mass is 213 g/mol. The second-order valence-corrected chi connectivity index (χ2v) is 4.15. The number of nitrogens with zero attached hydrogens (tertiary/aromatic N) is 1. The van der Waals surface area contributed by atoms with E-state index in [2.05, 4.69) is 0 Å². The maximum absolute atomic E-state index is 12.2. The summed E-state index contributed by atoms with van der Waals surface area (Å²) >= 11 is 0. The van der Waals surface area contributed by atoms with E-state index >= 15 is 0 Å². The molecule has 2 heteroatoms. The van der Waals surface area contributed by atoms with Gasteiger partial charge in [-0.3, -0.25) is 4.79 Å². The highest BCUT2D eigenvalue weighted by Crippen LogP contribution is 2.15. The first-order chi connectivity index (χ1) is 7.59. The van der Waals surface area contributed by atoms with Gasteiger partial charge in [-0.25, -0.2) is 0 Å². The lowest BCUT2D eigenvalue weighted by Gasteiger charge is -2.06. The Balaban J connectivity index is 2.46.